The lowest BCUT2D eigenvalue weighted by Crippen LogP contribution is -2.49. The first-order valence-electron chi connectivity index (χ1n) is 10.9. The number of carbonyl (C=O) groups is 2. The van der Waals surface area contributed by atoms with E-state index in [9.17, 15) is 9.59 Å². The lowest BCUT2D eigenvalue weighted by molar-refractivity contribution is -0.140. The molecule has 0 radical (unpaired) electrons. The second kappa shape index (κ2) is 11.2. The van der Waals surface area contributed by atoms with Gasteiger partial charge in [-0.15, -0.1) is 11.8 Å². The van der Waals surface area contributed by atoms with Crippen LogP contribution in [0.15, 0.2) is 59.5 Å². The van der Waals surface area contributed by atoms with Crippen LogP contribution in [0.5, 0.6) is 0 Å². The van der Waals surface area contributed by atoms with E-state index in [0.717, 1.165) is 23.3 Å². The number of amides is 2. The van der Waals surface area contributed by atoms with Gasteiger partial charge in [0.1, 0.15) is 6.04 Å². The molecule has 4 nitrogen and oxygen atoms in total. The predicted molar refractivity (Wildman–Crippen MR) is 123 cm³/mol. The summed E-state index contributed by atoms with van der Waals surface area (Å²) < 4.78 is 0. The van der Waals surface area contributed by atoms with Gasteiger partial charge in [0.2, 0.25) is 11.8 Å². The number of nitrogens with zero attached hydrogens (tertiary/aromatic N) is 1. The quantitative estimate of drug-likeness (QED) is 0.579. The van der Waals surface area contributed by atoms with Crippen LogP contribution in [0.4, 0.5) is 0 Å². The number of thioether (sulfide) groups is 1. The molecule has 1 fully saturated rings. The van der Waals surface area contributed by atoms with Crippen molar-refractivity contribution >= 4 is 23.6 Å². The molecule has 1 N–H and O–H groups in total. The fourth-order valence-corrected chi connectivity index (χ4v) is 4.63. The zero-order valence-corrected chi connectivity index (χ0v) is 18.8. The molecule has 1 saturated carbocycles. The van der Waals surface area contributed by atoms with Crippen molar-refractivity contribution in [1.29, 1.82) is 0 Å². The van der Waals surface area contributed by atoms with Crippen LogP contribution in [-0.2, 0) is 16.1 Å². The third-order valence-corrected chi connectivity index (χ3v) is 6.68. The van der Waals surface area contributed by atoms with Crippen LogP contribution in [-0.4, -0.2) is 34.6 Å². The Morgan fingerprint density at radius 1 is 1.07 bits per heavy atom. The molecule has 30 heavy (non-hydrogen) atoms. The van der Waals surface area contributed by atoms with E-state index in [-0.39, 0.29) is 17.9 Å². The van der Waals surface area contributed by atoms with E-state index in [1.165, 1.54) is 18.4 Å². The molecule has 2 amide bonds. The molecular formula is C25H32N2O2S. The van der Waals surface area contributed by atoms with Crippen LogP contribution in [0.3, 0.4) is 0 Å². The SMILES string of the molecule is Cc1ccc(SCCC(=O)N(Cc2ccccc2)[C@@H](C)C(=O)NC2CCCC2)cc1. The Morgan fingerprint density at radius 2 is 1.73 bits per heavy atom. The van der Waals surface area contributed by atoms with Crippen LogP contribution in [0.2, 0.25) is 0 Å². The van der Waals surface area contributed by atoms with Crippen molar-refractivity contribution in [2.45, 2.75) is 69.5 Å². The second-order valence-corrected chi connectivity index (χ2v) is 9.25. The zero-order chi connectivity index (χ0) is 21.3. The Hall–Kier alpha value is -2.27. The highest BCUT2D eigenvalue weighted by Crippen LogP contribution is 2.21. The number of hydrogen-bond donors (Lipinski definition) is 1. The highest BCUT2D eigenvalue weighted by Gasteiger charge is 2.28. The predicted octanol–water partition coefficient (Wildman–Crippen LogP) is 4.95. The number of carbonyl (C=O) groups excluding carboxylic acids is 2. The fraction of sp³-hybridized carbons (Fsp3) is 0.440. The van der Waals surface area contributed by atoms with Gasteiger partial charge in [-0.3, -0.25) is 9.59 Å². The van der Waals surface area contributed by atoms with Crippen molar-refractivity contribution in [3.05, 3.63) is 65.7 Å². The molecule has 1 aliphatic rings. The standard InChI is InChI=1S/C25H32N2O2S/c1-19-12-14-23(15-13-19)30-17-16-24(28)27(18-21-8-4-3-5-9-21)20(2)25(29)26-22-10-6-7-11-22/h3-5,8-9,12-15,20,22H,6-7,10-11,16-18H2,1-2H3,(H,26,29)/t20-/m0/s1. The smallest absolute Gasteiger partial charge is 0.242 e. The summed E-state index contributed by atoms with van der Waals surface area (Å²) in [5.74, 6) is 0.675. The van der Waals surface area contributed by atoms with Gasteiger partial charge in [-0.05, 0) is 44.4 Å². The van der Waals surface area contributed by atoms with Crippen LogP contribution in [0, 0.1) is 6.92 Å². The van der Waals surface area contributed by atoms with E-state index in [1.807, 2.05) is 37.3 Å². The van der Waals surface area contributed by atoms with Gasteiger partial charge in [-0.2, -0.15) is 0 Å². The molecule has 160 valence electrons. The van der Waals surface area contributed by atoms with Gasteiger partial charge in [0.25, 0.3) is 0 Å². The summed E-state index contributed by atoms with van der Waals surface area (Å²) in [7, 11) is 0. The van der Waals surface area contributed by atoms with Gasteiger partial charge in [0, 0.05) is 29.7 Å². The van der Waals surface area contributed by atoms with Gasteiger partial charge in [0.05, 0.1) is 0 Å². The molecule has 0 aliphatic heterocycles. The molecule has 0 heterocycles. The number of aryl methyl sites for hydroxylation is 1. The molecule has 0 bridgehead atoms. The molecule has 3 rings (SSSR count). The van der Waals surface area contributed by atoms with Gasteiger partial charge in [-0.1, -0.05) is 60.9 Å². The maximum absolute atomic E-state index is 13.1. The van der Waals surface area contributed by atoms with Crippen LogP contribution in [0.1, 0.15) is 50.2 Å². The van der Waals surface area contributed by atoms with Crippen molar-refractivity contribution in [2.75, 3.05) is 5.75 Å². The minimum Gasteiger partial charge on any atom is -0.352 e. The largest absolute Gasteiger partial charge is 0.352 e. The number of hydrogen-bond acceptors (Lipinski definition) is 3. The Bertz CT molecular complexity index is 817. The maximum Gasteiger partial charge on any atom is 0.242 e. The van der Waals surface area contributed by atoms with E-state index >= 15 is 0 Å². The highest BCUT2D eigenvalue weighted by atomic mass is 32.2. The summed E-state index contributed by atoms with van der Waals surface area (Å²) in [5, 5.41) is 3.15. The van der Waals surface area contributed by atoms with Crippen LogP contribution < -0.4 is 5.32 Å². The number of rotatable bonds is 9. The van der Waals surface area contributed by atoms with Crippen LogP contribution in [0.25, 0.3) is 0 Å². The van der Waals surface area contributed by atoms with E-state index in [1.54, 1.807) is 16.7 Å². The average molecular weight is 425 g/mol. The molecule has 2 aromatic rings. The van der Waals surface area contributed by atoms with E-state index < -0.39 is 6.04 Å². The first kappa shape index (κ1) is 22.4. The molecule has 5 heteroatoms. The molecule has 2 aromatic carbocycles. The Labute approximate surface area is 184 Å². The molecule has 1 aliphatic carbocycles. The minimum absolute atomic E-state index is 0.0209. The van der Waals surface area contributed by atoms with Crippen molar-refractivity contribution in [2.24, 2.45) is 0 Å². The minimum atomic E-state index is -0.484. The average Bonchev–Trinajstić information content (AvgIpc) is 3.26. The normalized spacial score (nSPS) is 15.0. The second-order valence-electron chi connectivity index (χ2n) is 8.08. The summed E-state index contributed by atoms with van der Waals surface area (Å²) in [4.78, 5) is 28.9. The Kier molecular flexibility index (Phi) is 8.38. The Morgan fingerprint density at radius 3 is 2.40 bits per heavy atom. The lowest BCUT2D eigenvalue weighted by atomic mass is 10.1. The number of benzene rings is 2. The zero-order valence-electron chi connectivity index (χ0n) is 18.0. The third-order valence-electron chi connectivity index (χ3n) is 5.67. The van der Waals surface area contributed by atoms with Crippen molar-refractivity contribution in [1.82, 2.24) is 10.2 Å². The summed E-state index contributed by atoms with van der Waals surface area (Å²) >= 11 is 1.68. The molecule has 0 aromatic heterocycles. The first-order chi connectivity index (χ1) is 14.5. The van der Waals surface area contributed by atoms with Gasteiger partial charge >= 0.3 is 0 Å². The van der Waals surface area contributed by atoms with Gasteiger partial charge < -0.3 is 10.2 Å². The van der Waals surface area contributed by atoms with Crippen molar-refractivity contribution in [3.8, 4) is 0 Å². The summed E-state index contributed by atoms with van der Waals surface area (Å²) in [6.07, 6.45) is 4.83. The van der Waals surface area contributed by atoms with E-state index in [4.69, 9.17) is 0 Å². The monoisotopic (exact) mass is 424 g/mol. The number of nitrogens with one attached hydrogen (secondary N) is 1. The van der Waals surface area contributed by atoms with Gasteiger partial charge in [0.15, 0.2) is 0 Å². The molecule has 0 unspecified atom stereocenters. The van der Waals surface area contributed by atoms with Gasteiger partial charge in [-0.25, -0.2) is 0 Å². The third kappa shape index (κ3) is 6.63. The van der Waals surface area contributed by atoms with Crippen molar-refractivity contribution < 1.29 is 9.59 Å². The summed E-state index contributed by atoms with van der Waals surface area (Å²) in [5.41, 5.74) is 2.27. The highest BCUT2D eigenvalue weighted by molar-refractivity contribution is 7.99. The van der Waals surface area contributed by atoms with E-state index in [2.05, 4.69) is 36.5 Å². The summed E-state index contributed by atoms with van der Waals surface area (Å²) in [6.45, 7) is 4.36. The summed E-state index contributed by atoms with van der Waals surface area (Å²) in [6, 6.07) is 18.0. The lowest BCUT2D eigenvalue weighted by Gasteiger charge is -2.29. The Balaban J connectivity index is 1.62. The molecule has 0 spiro atoms. The van der Waals surface area contributed by atoms with Crippen molar-refractivity contribution in [3.63, 3.8) is 0 Å². The van der Waals surface area contributed by atoms with Crippen LogP contribution >= 0.6 is 11.8 Å². The van der Waals surface area contributed by atoms with E-state index in [0.29, 0.717) is 18.7 Å². The molecular weight excluding hydrogens is 392 g/mol. The fourth-order valence-electron chi connectivity index (χ4n) is 3.79. The maximum atomic E-state index is 13.1. The molecule has 0 saturated heterocycles. The molecule has 1 atom stereocenters. The topological polar surface area (TPSA) is 49.4 Å². The first-order valence-corrected chi connectivity index (χ1v) is 11.8.